The zero-order valence-electron chi connectivity index (χ0n) is 14.4. The van der Waals surface area contributed by atoms with E-state index in [2.05, 4.69) is 19.9 Å². The second-order valence-corrected chi connectivity index (χ2v) is 5.77. The van der Waals surface area contributed by atoms with Gasteiger partial charge in [0.25, 0.3) is 0 Å². The molecule has 1 amide bonds. The van der Waals surface area contributed by atoms with Crippen LogP contribution in [0.1, 0.15) is 25.8 Å². The van der Waals surface area contributed by atoms with Gasteiger partial charge < -0.3 is 26.9 Å². The molecule has 0 radical (unpaired) electrons. The molecule has 0 saturated carbocycles. The molecule has 0 aliphatic heterocycles. The van der Waals surface area contributed by atoms with E-state index in [1.165, 1.54) is 4.90 Å². The number of ether oxygens (including phenoxy) is 1. The molecule has 4 nitrogen and oxygen atoms in total. The Bertz CT molecular complexity index is 528. The van der Waals surface area contributed by atoms with Gasteiger partial charge in [-0.3, -0.25) is 0 Å². The maximum atomic E-state index is 11.9. The van der Waals surface area contributed by atoms with Crippen LogP contribution in [-0.2, 0) is 6.42 Å². The lowest BCUT2D eigenvalue weighted by Crippen LogP contribution is -3.12. The summed E-state index contributed by atoms with van der Waals surface area (Å²) in [6.45, 7) is 5.59. The monoisotopic (exact) mass is 338 g/mol. The first kappa shape index (κ1) is 21.3. The summed E-state index contributed by atoms with van der Waals surface area (Å²) >= 11 is 0. The summed E-state index contributed by atoms with van der Waals surface area (Å²) in [5.41, 5.74) is 1.15. The molecule has 2 unspecified atom stereocenters. The molecule has 0 spiro atoms. The van der Waals surface area contributed by atoms with Crippen LogP contribution in [0.5, 0.6) is 5.75 Å². The molecule has 2 atom stereocenters. The van der Waals surface area contributed by atoms with Gasteiger partial charge in [0, 0.05) is 20.0 Å². The van der Waals surface area contributed by atoms with Gasteiger partial charge in [-0.1, -0.05) is 19.1 Å². The minimum Gasteiger partial charge on any atom is -1.00 e. The molecular weight excluding hydrogens is 312 g/mol. The van der Waals surface area contributed by atoms with E-state index >= 15 is 0 Å². The average molecular weight is 339 g/mol. The van der Waals surface area contributed by atoms with Crippen LogP contribution < -0.4 is 22.0 Å². The molecule has 23 heavy (non-hydrogen) atoms. The van der Waals surface area contributed by atoms with E-state index in [4.69, 9.17) is 11.2 Å². The number of quaternary nitrogens is 1. The molecule has 128 valence electrons. The van der Waals surface area contributed by atoms with Crippen molar-refractivity contribution in [2.24, 2.45) is 0 Å². The Kier molecular flexibility index (Phi) is 10.1. The Morgan fingerprint density at radius 2 is 2.17 bits per heavy atom. The highest BCUT2D eigenvalue weighted by Gasteiger charge is 2.14. The number of terminal acetylenes is 1. The molecule has 1 N–H and O–H groups in total. The van der Waals surface area contributed by atoms with E-state index in [-0.39, 0.29) is 18.5 Å². The molecule has 1 aromatic rings. The van der Waals surface area contributed by atoms with Crippen LogP contribution in [0.4, 0.5) is 4.79 Å². The van der Waals surface area contributed by atoms with Crippen molar-refractivity contribution >= 4 is 6.09 Å². The minimum absolute atomic E-state index is 0. The number of nitrogens with zero attached hydrogens (tertiary/aromatic N) is 1. The number of nitrogens with one attached hydrogen (secondary N) is 1. The molecule has 0 saturated heterocycles. The summed E-state index contributed by atoms with van der Waals surface area (Å²) in [4.78, 5) is 14.8. The van der Waals surface area contributed by atoms with Gasteiger partial charge in [-0.05, 0) is 37.0 Å². The fourth-order valence-electron chi connectivity index (χ4n) is 2.20. The highest BCUT2D eigenvalue weighted by molar-refractivity contribution is 5.70. The van der Waals surface area contributed by atoms with E-state index in [0.29, 0.717) is 24.9 Å². The van der Waals surface area contributed by atoms with Crippen molar-refractivity contribution in [1.82, 2.24) is 4.90 Å². The molecule has 1 aromatic carbocycles. The maximum absolute atomic E-state index is 11.9. The first-order valence-corrected chi connectivity index (χ1v) is 7.75. The number of amides is 1. The molecule has 5 heteroatoms. The van der Waals surface area contributed by atoms with Gasteiger partial charge in [-0.15, -0.1) is 6.42 Å². The van der Waals surface area contributed by atoms with Crippen molar-refractivity contribution in [1.29, 1.82) is 0 Å². The SMILES string of the molecule is C#CC[NH+](C)C(C)Cc1cccc(OC(=O)N(C)CCC)c1.[Cl-]. The Morgan fingerprint density at radius 1 is 1.48 bits per heavy atom. The van der Waals surface area contributed by atoms with Gasteiger partial charge in [0.2, 0.25) is 0 Å². The Balaban J connectivity index is 0.00000484. The summed E-state index contributed by atoms with van der Waals surface area (Å²) in [6.07, 6.45) is 6.84. The summed E-state index contributed by atoms with van der Waals surface area (Å²) in [5, 5.41) is 0. The van der Waals surface area contributed by atoms with Crippen molar-refractivity contribution in [2.45, 2.75) is 32.7 Å². The number of rotatable bonds is 7. The number of hydrogen-bond acceptors (Lipinski definition) is 2. The molecule has 0 heterocycles. The van der Waals surface area contributed by atoms with Gasteiger partial charge in [0.05, 0.1) is 13.1 Å². The van der Waals surface area contributed by atoms with Crippen molar-refractivity contribution in [3.8, 4) is 18.1 Å². The van der Waals surface area contributed by atoms with Crippen LogP contribution in [0.15, 0.2) is 24.3 Å². The van der Waals surface area contributed by atoms with Crippen LogP contribution in [-0.4, -0.2) is 44.2 Å². The van der Waals surface area contributed by atoms with Gasteiger partial charge in [-0.25, -0.2) is 4.79 Å². The number of hydrogen-bond donors (Lipinski definition) is 1. The van der Waals surface area contributed by atoms with E-state index < -0.39 is 0 Å². The largest absolute Gasteiger partial charge is 1.00 e. The van der Waals surface area contributed by atoms with Gasteiger partial charge in [0.15, 0.2) is 0 Å². The topological polar surface area (TPSA) is 34.0 Å². The van der Waals surface area contributed by atoms with Crippen molar-refractivity contribution in [3.05, 3.63) is 29.8 Å². The predicted octanol–water partition coefficient (Wildman–Crippen LogP) is -1.39. The predicted molar refractivity (Wildman–Crippen MR) is 89.1 cm³/mol. The molecule has 0 aliphatic carbocycles. The zero-order chi connectivity index (χ0) is 16.5. The minimum atomic E-state index is -0.317. The highest BCUT2D eigenvalue weighted by Crippen LogP contribution is 2.15. The lowest BCUT2D eigenvalue weighted by molar-refractivity contribution is -0.896. The first-order chi connectivity index (χ1) is 10.5. The second-order valence-electron chi connectivity index (χ2n) is 5.77. The summed E-state index contributed by atoms with van der Waals surface area (Å²) < 4.78 is 5.41. The first-order valence-electron chi connectivity index (χ1n) is 7.75. The van der Waals surface area contributed by atoms with E-state index in [1.54, 1.807) is 11.9 Å². The number of carbonyl (C=O) groups is 1. The molecule has 0 fully saturated rings. The van der Waals surface area contributed by atoms with Crippen LogP contribution in [0.2, 0.25) is 0 Å². The second kappa shape index (κ2) is 10.9. The normalized spacial score (nSPS) is 12.5. The summed E-state index contributed by atoms with van der Waals surface area (Å²) in [7, 11) is 3.84. The molecule has 0 aliphatic rings. The Hall–Kier alpha value is -1.70. The Labute approximate surface area is 146 Å². The standard InChI is InChI=1S/C18H26N2O2.ClH/c1-6-11-19(4)15(3)13-16-9-8-10-17(14-16)22-18(21)20(5)12-7-2;/h1,8-10,14-15H,7,11-13H2,2-5H3;1H. The number of carbonyl (C=O) groups excluding carboxylic acids is 1. The Morgan fingerprint density at radius 3 is 2.78 bits per heavy atom. The lowest BCUT2D eigenvalue weighted by atomic mass is 10.1. The quantitative estimate of drug-likeness (QED) is 0.621. The van der Waals surface area contributed by atoms with E-state index in [0.717, 1.165) is 18.4 Å². The third-order valence-electron chi connectivity index (χ3n) is 3.74. The van der Waals surface area contributed by atoms with Crippen molar-refractivity contribution in [2.75, 3.05) is 27.2 Å². The zero-order valence-corrected chi connectivity index (χ0v) is 15.2. The fraction of sp³-hybridized carbons (Fsp3) is 0.500. The number of benzene rings is 1. The number of halogens is 1. The summed E-state index contributed by atoms with van der Waals surface area (Å²) in [5.74, 6) is 3.27. The van der Waals surface area contributed by atoms with E-state index in [1.807, 2.05) is 31.2 Å². The number of likely N-dealkylation sites (N-methyl/N-ethyl adjacent to an activating group) is 1. The molecular formula is C18H27ClN2O2. The molecule has 0 aromatic heterocycles. The summed E-state index contributed by atoms with van der Waals surface area (Å²) in [6, 6.07) is 8.11. The molecule has 0 bridgehead atoms. The third kappa shape index (κ3) is 7.40. The fourth-order valence-corrected chi connectivity index (χ4v) is 2.20. The van der Waals surface area contributed by atoms with Gasteiger partial charge in [0.1, 0.15) is 12.3 Å². The van der Waals surface area contributed by atoms with Crippen LogP contribution in [0.25, 0.3) is 0 Å². The van der Waals surface area contributed by atoms with Gasteiger partial charge in [-0.2, -0.15) is 0 Å². The van der Waals surface area contributed by atoms with Crippen LogP contribution in [0, 0.1) is 12.3 Å². The van der Waals surface area contributed by atoms with E-state index in [9.17, 15) is 4.79 Å². The van der Waals surface area contributed by atoms with Crippen LogP contribution in [0.3, 0.4) is 0 Å². The average Bonchev–Trinajstić information content (AvgIpc) is 2.48. The lowest BCUT2D eigenvalue weighted by Gasteiger charge is -2.20. The maximum Gasteiger partial charge on any atom is 0.414 e. The van der Waals surface area contributed by atoms with Crippen molar-refractivity contribution < 1.29 is 26.8 Å². The van der Waals surface area contributed by atoms with Crippen molar-refractivity contribution in [3.63, 3.8) is 0 Å². The smallest absolute Gasteiger partial charge is 0.414 e. The highest BCUT2D eigenvalue weighted by atomic mass is 35.5. The van der Waals surface area contributed by atoms with Crippen LogP contribution >= 0.6 is 0 Å². The molecule has 1 rings (SSSR count). The van der Waals surface area contributed by atoms with Gasteiger partial charge >= 0.3 is 6.09 Å². The third-order valence-corrected chi connectivity index (χ3v) is 3.74.